The smallest absolute Gasteiger partial charge is 0.255 e. The van der Waals surface area contributed by atoms with Gasteiger partial charge >= 0.3 is 0 Å². The molecule has 0 radical (unpaired) electrons. The molecule has 1 aliphatic rings. The lowest BCUT2D eigenvalue weighted by atomic mass is 10.2. The van der Waals surface area contributed by atoms with Crippen molar-refractivity contribution >= 4 is 27.7 Å². The highest BCUT2D eigenvalue weighted by Gasteiger charge is 2.16. The summed E-state index contributed by atoms with van der Waals surface area (Å²) in [6, 6.07) is 15.1. The number of halogens is 1. The van der Waals surface area contributed by atoms with Gasteiger partial charge in [0, 0.05) is 36.1 Å². The number of benzene rings is 2. The second kappa shape index (κ2) is 11.0. The lowest BCUT2D eigenvalue weighted by molar-refractivity contribution is -0.130. The first-order chi connectivity index (χ1) is 14.1. The molecule has 2 aromatic rings. The number of rotatable bonds is 8. The quantitative estimate of drug-likeness (QED) is 0.590. The Morgan fingerprint density at radius 2 is 1.86 bits per heavy atom. The maximum absolute atomic E-state index is 12.6. The molecule has 6 heteroatoms. The van der Waals surface area contributed by atoms with Crippen LogP contribution in [0.5, 0.6) is 5.75 Å². The second-order valence-corrected chi connectivity index (χ2v) is 8.03. The molecule has 0 aliphatic carbocycles. The second-order valence-electron chi connectivity index (χ2n) is 7.18. The minimum absolute atomic E-state index is 0.157. The fourth-order valence-electron chi connectivity index (χ4n) is 3.39. The van der Waals surface area contributed by atoms with Gasteiger partial charge in [0.2, 0.25) is 5.91 Å². The zero-order valence-electron chi connectivity index (χ0n) is 16.5. The van der Waals surface area contributed by atoms with Crippen molar-refractivity contribution in [3.05, 3.63) is 64.1 Å². The minimum Gasteiger partial charge on any atom is -0.488 e. The van der Waals surface area contributed by atoms with Gasteiger partial charge in [0.05, 0.1) is 5.56 Å². The summed E-state index contributed by atoms with van der Waals surface area (Å²) in [7, 11) is 0. The van der Waals surface area contributed by atoms with E-state index >= 15 is 0 Å². The molecule has 1 fully saturated rings. The average molecular weight is 459 g/mol. The molecule has 1 saturated heterocycles. The summed E-state index contributed by atoms with van der Waals surface area (Å²) in [4.78, 5) is 26.6. The number of carbonyl (C=O) groups is 2. The van der Waals surface area contributed by atoms with Crippen LogP contribution < -0.4 is 10.1 Å². The Morgan fingerprint density at radius 3 is 2.72 bits per heavy atom. The van der Waals surface area contributed by atoms with Crippen LogP contribution in [-0.4, -0.2) is 36.3 Å². The molecule has 5 nitrogen and oxygen atoms in total. The number of hydrogen-bond donors (Lipinski definition) is 1. The van der Waals surface area contributed by atoms with Gasteiger partial charge in [-0.05, 0) is 37.5 Å². The maximum atomic E-state index is 12.6. The molecule has 0 bridgehead atoms. The summed E-state index contributed by atoms with van der Waals surface area (Å²) in [5.41, 5.74) is 1.54. The van der Waals surface area contributed by atoms with Crippen LogP contribution in [-0.2, 0) is 11.4 Å². The summed E-state index contributed by atoms with van der Waals surface area (Å²) >= 11 is 3.51. The lowest BCUT2D eigenvalue weighted by Gasteiger charge is -2.20. The Bertz CT molecular complexity index is 840. The van der Waals surface area contributed by atoms with Gasteiger partial charge in [-0.3, -0.25) is 9.59 Å². The molecular weight excluding hydrogens is 432 g/mol. The van der Waals surface area contributed by atoms with E-state index in [1.54, 1.807) is 6.07 Å². The van der Waals surface area contributed by atoms with E-state index in [0.29, 0.717) is 37.4 Å². The van der Waals surface area contributed by atoms with E-state index in [4.69, 9.17) is 4.74 Å². The molecule has 3 rings (SSSR count). The third kappa shape index (κ3) is 6.32. The van der Waals surface area contributed by atoms with Gasteiger partial charge in [-0.2, -0.15) is 0 Å². The Balaban J connectivity index is 1.50. The van der Waals surface area contributed by atoms with Gasteiger partial charge in [0.1, 0.15) is 12.4 Å². The SMILES string of the molecule is O=C(NCCCN1CCCCCC1=O)c1ccccc1OCc1ccccc1Br. The van der Waals surface area contributed by atoms with E-state index in [0.717, 1.165) is 42.3 Å². The monoisotopic (exact) mass is 458 g/mol. The maximum Gasteiger partial charge on any atom is 0.255 e. The number of carbonyl (C=O) groups excluding carboxylic acids is 2. The first-order valence-corrected chi connectivity index (χ1v) is 11.0. The number of para-hydroxylation sites is 1. The van der Waals surface area contributed by atoms with E-state index in [-0.39, 0.29) is 11.8 Å². The number of amides is 2. The van der Waals surface area contributed by atoms with Gasteiger partial charge in [-0.1, -0.05) is 52.7 Å². The third-order valence-corrected chi connectivity index (χ3v) is 5.81. The number of nitrogens with one attached hydrogen (secondary N) is 1. The van der Waals surface area contributed by atoms with Gasteiger partial charge in [-0.15, -0.1) is 0 Å². The van der Waals surface area contributed by atoms with E-state index in [9.17, 15) is 9.59 Å². The summed E-state index contributed by atoms with van der Waals surface area (Å²) < 4.78 is 6.89. The molecule has 154 valence electrons. The number of nitrogens with zero attached hydrogens (tertiary/aromatic N) is 1. The van der Waals surface area contributed by atoms with Gasteiger partial charge in [-0.25, -0.2) is 0 Å². The molecule has 2 aromatic carbocycles. The fourth-order valence-corrected chi connectivity index (χ4v) is 3.79. The zero-order valence-corrected chi connectivity index (χ0v) is 18.1. The highest BCUT2D eigenvalue weighted by atomic mass is 79.9. The third-order valence-electron chi connectivity index (χ3n) is 5.03. The number of hydrogen-bond acceptors (Lipinski definition) is 3. The minimum atomic E-state index is -0.157. The van der Waals surface area contributed by atoms with E-state index in [1.807, 2.05) is 47.4 Å². The predicted molar refractivity (Wildman–Crippen MR) is 117 cm³/mol. The Hall–Kier alpha value is -2.34. The average Bonchev–Trinajstić information content (AvgIpc) is 2.94. The first kappa shape index (κ1) is 21.4. The zero-order chi connectivity index (χ0) is 20.5. The van der Waals surface area contributed by atoms with Gasteiger partial charge < -0.3 is 15.0 Å². The van der Waals surface area contributed by atoms with Crippen molar-refractivity contribution in [2.45, 2.75) is 38.7 Å². The highest BCUT2D eigenvalue weighted by Crippen LogP contribution is 2.22. The van der Waals surface area contributed by atoms with Crippen molar-refractivity contribution in [2.24, 2.45) is 0 Å². The van der Waals surface area contributed by atoms with Crippen LogP contribution >= 0.6 is 15.9 Å². The van der Waals surface area contributed by atoms with Crippen molar-refractivity contribution < 1.29 is 14.3 Å². The van der Waals surface area contributed by atoms with Crippen LogP contribution in [0.2, 0.25) is 0 Å². The highest BCUT2D eigenvalue weighted by molar-refractivity contribution is 9.10. The summed E-state index contributed by atoms with van der Waals surface area (Å²) in [6.07, 6.45) is 4.57. The molecule has 1 N–H and O–H groups in total. The summed E-state index contributed by atoms with van der Waals surface area (Å²) in [6.45, 7) is 2.43. The largest absolute Gasteiger partial charge is 0.488 e. The van der Waals surface area contributed by atoms with Crippen molar-refractivity contribution in [3.63, 3.8) is 0 Å². The van der Waals surface area contributed by atoms with Crippen molar-refractivity contribution in [2.75, 3.05) is 19.6 Å². The van der Waals surface area contributed by atoms with E-state index in [2.05, 4.69) is 21.2 Å². The van der Waals surface area contributed by atoms with Crippen LogP contribution in [0.15, 0.2) is 53.0 Å². The number of likely N-dealkylation sites (tertiary alicyclic amines) is 1. The van der Waals surface area contributed by atoms with Crippen molar-refractivity contribution in [1.82, 2.24) is 10.2 Å². The van der Waals surface area contributed by atoms with Crippen molar-refractivity contribution in [3.8, 4) is 5.75 Å². The van der Waals surface area contributed by atoms with Gasteiger partial charge in [0.25, 0.3) is 5.91 Å². The summed E-state index contributed by atoms with van der Waals surface area (Å²) in [5, 5.41) is 2.95. The molecular formula is C23H27BrN2O3. The van der Waals surface area contributed by atoms with Crippen LogP contribution in [0.4, 0.5) is 0 Å². The molecule has 0 aromatic heterocycles. The summed E-state index contributed by atoms with van der Waals surface area (Å²) in [5.74, 6) is 0.637. The standard InChI is InChI=1S/C23H27BrN2O3/c24-20-11-5-3-9-18(20)17-29-21-12-6-4-10-19(21)23(28)25-14-8-16-26-15-7-1-2-13-22(26)27/h3-6,9-12H,1-2,7-8,13-17H2,(H,25,28). The van der Waals surface area contributed by atoms with E-state index < -0.39 is 0 Å². The Morgan fingerprint density at radius 1 is 1.07 bits per heavy atom. The molecule has 0 atom stereocenters. The molecule has 0 saturated carbocycles. The molecule has 1 aliphatic heterocycles. The topological polar surface area (TPSA) is 58.6 Å². The van der Waals surface area contributed by atoms with Crippen LogP contribution in [0.1, 0.15) is 48.0 Å². The lowest BCUT2D eigenvalue weighted by Crippen LogP contribution is -2.34. The molecule has 29 heavy (non-hydrogen) atoms. The molecule has 1 heterocycles. The predicted octanol–water partition coefficient (Wildman–Crippen LogP) is 4.55. The normalized spacial score (nSPS) is 14.4. The fraction of sp³-hybridized carbons (Fsp3) is 0.391. The van der Waals surface area contributed by atoms with Crippen LogP contribution in [0.3, 0.4) is 0 Å². The Kier molecular flexibility index (Phi) is 8.11. The molecule has 2 amide bonds. The van der Waals surface area contributed by atoms with Crippen LogP contribution in [0, 0.1) is 0 Å². The van der Waals surface area contributed by atoms with E-state index in [1.165, 1.54) is 0 Å². The van der Waals surface area contributed by atoms with Crippen molar-refractivity contribution in [1.29, 1.82) is 0 Å². The van der Waals surface area contributed by atoms with Gasteiger partial charge in [0.15, 0.2) is 0 Å². The molecule has 0 unspecified atom stereocenters. The Labute approximate surface area is 180 Å². The molecule has 0 spiro atoms. The number of ether oxygens (including phenoxy) is 1. The first-order valence-electron chi connectivity index (χ1n) is 10.2. The van der Waals surface area contributed by atoms with Crippen LogP contribution in [0.25, 0.3) is 0 Å².